The van der Waals surface area contributed by atoms with Crippen molar-refractivity contribution >= 4 is 16.2 Å². The zero-order valence-corrected chi connectivity index (χ0v) is 17.3. The molecular formula is C17H24F3N3O6S. The molecule has 30 heavy (non-hydrogen) atoms. The maximum atomic E-state index is 12.5. The van der Waals surface area contributed by atoms with Crippen molar-refractivity contribution in [3.05, 3.63) is 30.1 Å². The number of fused-ring (bicyclic) bond motifs is 1. The second-order valence-corrected chi connectivity index (χ2v) is 8.98. The Kier molecular flexibility index (Phi) is 8.16. The van der Waals surface area contributed by atoms with Crippen LogP contribution in [0.15, 0.2) is 24.5 Å². The summed E-state index contributed by atoms with van der Waals surface area (Å²) >= 11 is 0. The van der Waals surface area contributed by atoms with E-state index in [1.807, 2.05) is 12.1 Å². The number of rotatable bonds is 5. The van der Waals surface area contributed by atoms with Gasteiger partial charge in [-0.05, 0) is 30.5 Å². The summed E-state index contributed by atoms with van der Waals surface area (Å²) in [5, 5.41) is 7.12. The average molecular weight is 455 g/mol. The van der Waals surface area contributed by atoms with E-state index in [-0.39, 0.29) is 18.2 Å². The Morgan fingerprint density at radius 3 is 2.47 bits per heavy atom. The van der Waals surface area contributed by atoms with Crippen molar-refractivity contribution in [1.29, 1.82) is 0 Å². The van der Waals surface area contributed by atoms with Crippen LogP contribution in [0.2, 0.25) is 0 Å². The highest BCUT2D eigenvalue weighted by Gasteiger charge is 2.47. The van der Waals surface area contributed by atoms with Crippen molar-refractivity contribution in [2.75, 3.05) is 27.2 Å². The van der Waals surface area contributed by atoms with Gasteiger partial charge in [0.1, 0.15) is 6.10 Å². The van der Waals surface area contributed by atoms with Crippen LogP contribution in [0.5, 0.6) is 0 Å². The SMILES string of the molecule is CN(C)S(=O)(=O)N1CCO[C@H]2[C@@H](OCc3ccncc3)CC[C@@H]21.O=C(O)C(F)(F)F. The van der Waals surface area contributed by atoms with Crippen LogP contribution >= 0.6 is 0 Å². The molecule has 9 nitrogen and oxygen atoms in total. The molecule has 1 aromatic rings. The molecule has 3 rings (SSSR count). The Labute approximate surface area is 172 Å². The molecule has 3 atom stereocenters. The second-order valence-electron chi connectivity index (χ2n) is 6.89. The highest BCUT2D eigenvalue weighted by Crippen LogP contribution is 2.34. The summed E-state index contributed by atoms with van der Waals surface area (Å²) < 4.78 is 71.3. The molecule has 0 bridgehead atoms. The molecule has 13 heteroatoms. The lowest BCUT2D eigenvalue weighted by Gasteiger charge is -2.39. The third-order valence-electron chi connectivity index (χ3n) is 4.70. The van der Waals surface area contributed by atoms with E-state index in [0.29, 0.717) is 19.8 Å². The summed E-state index contributed by atoms with van der Waals surface area (Å²) in [4.78, 5) is 12.9. The first-order valence-electron chi connectivity index (χ1n) is 9.06. The number of ether oxygens (including phenoxy) is 2. The van der Waals surface area contributed by atoms with Gasteiger partial charge < -0.3 is 14.6 Å². The predicted molar refractivity (Wildman–Crippen MR) is 98.6 cm³/mol. The minimum Gasteiger partial charge on any atom is -0.475 e. The number of aliphatic carboxylic acids is 1. The van der Waals surface area contributed by atoms with E-state index in [1.165, 1.54) is 4.31 Å². The fourth-order valence-corrected chi connectivity index (χ4v) is 4.53. The van der Waals surface area contributed by atoms with E-state index < -0.39 is 22.4 Å². The number of hydrogen-bond donors (Lipinski definition) is 1. The molecule has 0 unspecified atom stereocenters. The molecule has 1 N–H and O–H groups in total. The maximum Gasteiger partial charge on any atom is 0.490 e. The largest absolute Gasteiger partial charge is 0.490 e. The van der Waals surface area contributed by atoms with Crippen molar-refractivity contribution in [2.45, 2.75) is 43.9 Å². The van der Waals surface area contributed by atoms with Crippen molar-refractivity contribution in [3.8, 4) is 0 Å². The van der Waals surface area contributed by atoms with Crippen LogP contribution in [0.3, 0.4) is 0 Å². The number of carboxylic acid groups (broad SMARTS) is 1. The van der Waals surface area contributed by atoms with Gasteiger partial charge in [0.25, 0.3) is 10.2 Å². The Balaban J connectivity index is 0.000000396. The van der Waals surface area contributed by atoms with Gasteiger partial charge in [-0.1, -0.05) is 0 Å². The summed E-state index contributed by atoms with van der Waals surface area (Å²) in [5.41, 5.74) is 1.05. The van der Waals surface area contributed by atoms with E-state index >= 15 is 0 Å². The molecule has 1 saturated heterocycles. The highest BCUT2D eigenvalue weighted by molar-refractivity contribution is 7.86. The number of carbonyl (C=O) groups is 1. The van der Waals surface area contributed by atoms with Gasteiger partial charge in [0.2, 0.25) is 0 Å². The number of aromatic nitrogens is 1. The Morgan fingerprint density at radius 2 is 1.93 bits per heavy atom. The third-order valence-corrected chi connectivity index (χ3v) is 6.67. The molecule has 0 radical (unpaired) electrons. The van der Waals surface area contributed by atoms with Gasteiger partial charge in [0, 0.05) is 33.0 Å². The third kappa shape index (κ3) is 6.11. The van der Waals surface area contributed by atoms with Gasteiger partial charge in [-0.25, -0.2) is 4.79 Å². The van der Waals surface area contributed by atoms with Gasteiger partial charge in [-0.15, -0.1) is 0 Å². The minimum atomic E-state index is -5.08. The van der Waals surface area contributed by atoms with Crippen LogP contribution in [0.25, 0.3) is 0 Å². The van der Waals surface area contributed by atoms with Crippen LogP contribution in [0.1, 0.15) is 18.4 Å². The van der Waals surface area contributed by atoms with Crippen LogP contribution in [0, 0.1) is 0 Å². The first kappa shape index (κ1) is 24.5. The Bertz CT molecular complexity index is 807. The van der Waals surface area contributed by atoms with Crippen LogP contribution in [-0.4, -0.2) is 84.8 Å². The summed E-state index contributed by atoms with van der Waals surface area (Å²) in [6.07, 6.45) is -0.316. The lowest BCUT2D eigenvalue weighted by Crippen LogP contribution is -2.56. The number of nitrogens with zero attached hydrogens (tertiary/aromatic N) is 3. The van der Waals surface area contributed by atoms with Crippen molar-refractivity contribution < 1.29 is 41.0 Å². The molecule has 0 spiro atoms. The van der Waals surface area contributed by atoms with E-state index in [9.17, 15) is 21.6 Å². The molecule has 170 valence electrons. The minimum absolute atomic E-state index is 0.0756. The average Bonchev–Trinajstić information content (AvgIpc) is 3.10. The smallest absolute Gasteiger partial charge is 0.475 e. The van der Waals surface area contributed by atoms with E-state index in [4.69, 9.17) is 19.4 Å². The lowest BCUT2D eigenvalue weighted by molar-refractivity contribution is -0.192. The quantitative estimate of drug-likeness (QED) is 0.712. The number of hydrogen-bond acceptors (Lipinski definition) is 6. The first-order valence-corrected chi connectivity index (χ1v) is 10.5. The topological polar surface area (TPSA) is 109 Å². The number of morpholine rings is 1. The fourth-order valence-electron chi connectivity index (χ4n) is 3.24. The van der Waals surface area contributed by atoms with Crippen molar-refractivity contribution in [3.63, 3.8) is 0 Å². The van der Waals surface area contributed by atoms with Crippen molar-refractivity contribution in [2.24, 2.45) is 0 Å². The van der Waals surface area contributed by atoms with Gasteiger partial charge in [0.15, 0.2) is 0 Å². The monoisotopic (exact) mass is 455 g/mol. The standard InChI is InChI=1S/C15H23N3O4S.C2HF3O2/c1-17(2)23(19,20)18-9-10-21-15-13(18)3-4-14(15)22-11-12-5-7-16-8-6-12;3-2(4,5)1(6)7/h5-8,13-15H,3-4,9-11H2,1-2H3;(H,6,7)/t13-,14-,15+;/m0./s1. The molecule has 2 heterocycles. The molecule has 0 amide bonds. The predicted octanol–water partition coefficient (Wildman–Crippen LogP) is 1.27. The van der Waals surface area contributed by atoms with Crippen LogP contribution < -0.4 is 0 Å². The lowest BCUT2D eigenvalue weighted by atomic mass is 10.1. The number of halogens is 3. The zero-order valence-electron chi connectivity index (χ0n) is 16.4. The number of carboxylic acids is 1. The van der Waals surface area contributed by atoms with E-state index in [0.717, 1.165) is 18.4 Å². The molecule has 0 aromatic carbocycles. The Hall–Kier alpha value is -1.80. The van der Waals surface area contributed by atoms with Crippen LogP contribution in [-0.2, 0) is 31.1 Å². The number of pyridine rings is 1. The molecule has 1 saturated carbocycles. The van der Waals surface area contributed by atoms with Crippen LogP contribution in [0.4, 0.5) is 13.2 Å². The summed E-state index contributed by atoms with van der Waals surface area (Å²) in [5.74, 6) is -2.76. The fraction of sp³-hybridized carbons (Fsp3) is 0.647. The summed E-state index contributed by atoms with van der Waals surface area (Å²) in [7, 11) is -0.298. The van der Waals surface area contributed by atoms with Gasteiger partial charge in [-0.2, -0.15) is 30.2 Å². The van der Waals surface area contributed by atoms with Crippen molar-refractivity contribution in [1.82, 2.24) is 13.6 Å². The van der Waals surface area contributed by atoms with Gasteiger partial charge in [-0.3, -0.25) is 4.98 Å². The van der Waals surface area contributed by atoms with Gasteiger partial charge in [0.05, 0.1) is 25.4 Å². The second kappa shape index (κ2) is 10.0. The summed E-state index contributed by atoms with van der Waals surface area (Å²) in [6, 6.07) is 3.69. The molecule has 1 aromatic heterocycles. The van der Waals surface area contributed by atoms with E-state index in [1.54, 1.807) is 30.8 Å². The summed E-state index contributed by atoms with van der Waals surface area (Å²) in [6.45, 7) is 1.29. The highest BCUT2D eigenvalue weighted by atomic mass is 32.2. The maximum absolute atomic E-state index is 12.5. The van der Waals surface area contributed by atoms with Gasteiger partial charge >= 0.3 is 12.1 Å². The molecule has 1 aliphatic heterocycles. The molecule has 2 fully saturated rings. The number of alkyl halides is 3. The van der Waals surface area contributed by atoms with E-state index in [2.05, 4.69) is 4.98 Å². The zero-order chi connectivity index (χ0) is 22.5. The normalized spacial score (nSPS) is 24.8. The molecule has 2 aliphatic rings. The Morgan fingerprint density at radius 1 is 1.33 bits per heavy atom. The molecular weight excluding hydrogens is 431 g/mol. The first-order chi connectivity index (χ1) is 13.9. The molecule has 1 aliphatic carbocycles.